The molecule has 1 aromatic heterocycles. The number of imide groups is 1. The number of nitrogens with zero attached hydrogens (tertiary/aromatic N) is 2. The van der Waals surface area contributed by atoms with Crippen molar-refractivity contribution in [2.75, 3.05) is 4.90 Å². The van der Waals surface area contributed by atoms with Crippen LogP contribution in [-0.2, 0) is 4.79 Å². The molecule has 8 heteroatoms. The molecule has 0 unspecified atom stereocenters. The molecule has 0 N–H and O–H groups in total. The second-order valence-corrected chi connectivity index (χ2v) is 7.31. The SMILES string of the molecule is Cc1ccc(-c2ccc(/C=C3\SC(=O)N(c4ccccc4)C3=O)o2)cc1[N+](=O)[O-]. The summed E-state index contributed by atoms with van der Waals surface area (Å²) >= 11 is 0.834. The molecule has 2 heterocycles. The number of benzene rings is 2. The van der Waals surface area contributed by atoms with E-state index in [2.05, 4.69) is 0 Å². The summed E-state index contributed by atoms with van der Waals surface area (Å²) in [5.41, 5.74) is 1.62. The minimum atomic E-state index is -0.442. The highest BCUT2D eigenvalue weighted by Crippen LogP contribution is 2.36. The first-order valence-corrected chi connectivity index (χ1v) is 9.44. The van der Waals surface area contributed by atoms with Crippen LogP contribution in [-0.4, -0.2) is 16.1 Å². The lowest BCUT2D eigenvalue weighted by Gasteiger charge is -2.11. The van der Waals surface area contributed by atoms with Gasteiger partial charge < -0.3 is 4.42 Å². The highest BCUT2D eigenvalue weighted by molar-refractivity contribution is 8.19. The first-order chi connectivity index (χ1) is 13.9. The van der Waals surface area contributed by atoms with E-state index in [0.717, 1.165) is 16.7 Å². The largest absolute Gasteiger partial charge is 0.457 e. The number of hydrogen-bond donors (Lipinski definition) is 0. The van der Waals surface area contributed by atoms with Crippen molar-refractivity contribution in [1.29, 1.82) is 0 Å². The molecule has 29 heavy (non-hydrogen) atoms. The van der Waals surface area contributed by atoms with Crippen LogP contribution < -0.4 is 4.90 Å². The number of amides is 2. The van der Waals surface area contributed by atoms with E-state index in [1.807, 2.05) is 0 Å². The lowest BCUT2D eigenvalue weighted by molar-refractivity contribution is -0.385. The summed E-state index contributed by atoms with van der Waals surface area (Å²) < 4.78 is 5.74. The van der Waals surface area contributed by atoms with E-state index >= 15 is 0 Å². The average Bonchev–Trinajstić information content (AvgIpc) is 3.27. The summed E-state index contributed by atoms with van der Waals surface area (Å²) in [6, 6.07) is 16.8. The van der Waals surface area contributed by atoms with E-state index in [9.17, 15) is 19.7 Å². The Bertz CT molecular complexity index is 1170. The van der Waals surface area contributed by atoms with Gasteiger partial charge in [-0.15, -0.1) is 0 Å². The topological polar surface area (TPSA) is 93.7 Å². The minimum absolute atomic E-state index is 0.00410. The Kier molecular flexibility index (Phi) is 4.77. The normalized spacial score (nSPS) is 15.3. The Morgan fingerprint density at radius 3 is 2.55 bits per heavy atom. The Hall–Kier alpha value is -3.65. The monoisotopic (exact) mass is 406 g/mol. The van der Waals surface area contributed by atoms with Gasteiger partial charge in [0.05, 0.1) is 15.5 Å². The maximum absolute atomic E-state index is 12.7. The van der Waals surface area contributed by atoms with Crippen LogP contribution in [0.4, 0.5) is 16.2 Å². The van der Waals surface area contributed by atoms with E-state index in [-0.39, 0.29) is 15.8 Å². The van der Waals surface area contributed by atoms with Crippen molar-refractivity contribution in [3.05, 3.63) is 87.0 Å². The lowest BCUT2D eigenvalue weighted by Crippen LogP contribution is -2.27. The molecular weight excluding hydrogens is 392 g/mol. The van der Waals surface area contributed by atoms with Crippen LogP contribution in [0.1, 0.15) is 11.3 Å². The zero-order valence-corrected chi connectivity index (χ0v) is 16.0. The van der Waals surface area contributed by atoms with Crippen LogP contribution in [0.25, 0.3) is 17.4 Å². The number of rotatable bonds is 4. The number of thioether (sulfide) groups is 1. The van der Waals surface area contributed by atoms with E-state index in [1.54, 1.807) is 61.5 Å². The van der Waals surface area contributed by atoms with Crippen molar-refractivity contribution in [3.63, 3.8) is 0 Å². The molecule has 0 spiro atoms. The van der Waals surface area contributed by atoms with Crippen molar-refractivity contribution in [1.82, 2.24) is 0 Å². The molecule has 0 radical (unpaired) electrons. The Morgan fingerprint density at radius 1 is 1.07 bits per heavy atom. The quantitative estimate of drug-likeness (QED) is 0.327. The summed E-state index contributed by atoms with van der Waals surface area (Å²) in [5.74, 6) is 0.388. The fraction of sp³-hybridized carbons (Fsp3) is 0.0476. The molecule has 1 aliphatic rings. The van der Waals surface area contributed by atoms with Gasteiger partial charge in [-0.2, -0.15) is 0 Å². The van der Waals surface area contributed by atoms with Gasteiger partial charge in [0.25, 0.3) is 16.8 Å². The van der Waals surface area contributed by atoms with Crippen LogP contribution in [0.5, 0.6) is 0 Å². The zero-order valence-electron chi connectivity index (χ0n) is 15.2. The average molecular weight is 406 g/mol. The molecule has 1 saturated heterocycles. The van der Waals surface area contributed by atoms with Crippen molar-refractivity contribution < 1.29 is 18.9 Å². The summed E-state index contributed by atoms with van der Waals surface area (Å²) in [4.78, 5) is 37.0. The van der Waals surface area contributed by atoms with E-state index in [0.29, 0.717) is 28.3 Å². The van der Waals surface area contributed by atoms with Crippen LogP contribution in [0.15, 0.2) is 70.0 Å². The van der Waals surface area contributed by atoms with Crippen LogP contribution >= 0.6 is 11.8 Å². The molecule has 0 saturated carbocycles. The molecule has 4 rings (SSSR count). The predicted octanol–water partition coefficient (Wildman–Crippen LogP) is 5.40. The maximum atomic E-state index is 12.7. The van der Waals surface area contributed by atoms with E-state index in [4.69, 9.17) is 4.42 Å². The first kappa shape index (κ1) is 18.7. The van der Waals surface area contributed by atoms with Gasteiger partial charge in [0, 0.05) is 23.3 Å². The number of aryl methyl sites for hydroxylation is 1. The van der Waals surface area contributed by atoms with Gasteiger partial charge in [0.15, 0.2) is 0 Å². The zero-order chi connectivity index (χ0) is 20.5. The Morgan fingerprint density at radius 2 is 1.83 bits per heavy atom. The van der Waals surface area contributed by atoms with Crippen molar-refractivity contribution in [2.24, 2.45) is 0 Å². The number of nitro groups is 1. The van der Waals surface area contributed by atoms with Crippen molar-refractivity contribution in [2.45, 2.75) is 6.92 Å². The highest BCUT2D eigenvalue weighted by atomic mass is 32.2. The Labute approximate surface area is 169 Å². The van der Waals surface area contributed by atoms with Gasteiger partial charge in [-0.1, -0.05) is 30.3 Å². The standard InChI is InChI=1S/C21H14N2O5S/c1-13-7-8-14(11-17(13)23(26)27)18-10-9-16(28-18)12-19-20(24)22(21(25)29-19)15-5-3-2-4-6-15/h2-12H,1H3/b19-12-. The fourth-order valence-corrected chi connectivity index (χ4v) is 3.76. The molecule has 0 atom stereocenters. The third-order valence-electron chi connectivity index (χ3n) is 4.40. The molecule has 2 amide bonds. The van der Waals surface area contributed by atoms with Crippen LogP contribution in [0.2, 0.25) is 0 Å². The van der Waals surface area contributed by atoms with Gasteiger partial charge >= 0.3 is 0 Å². The highest BCUT2D eigenvalue weighted by Gasteiger charge is 2.36. The number of carbonyl (C=O) groups is 2. The lowest BCUT2D eigenvalue weighted by atomic mass is 10.1. The Balaban J connectivity index is 1.62. The molecule has 3 aromatic rings. The van der Waals surface area contributed by atoms with Crippen LogP contribution in [0, 0.1) is 17.0 Å². The number of anilines is 1. The summed E-state index contributed by atoms with van der Waals surface area (Å²) in [5, 5.41) is 10.8. The van der Waals surface area contributed by atoms with Gasteiger partial charge in [-0.3, -0.25) is 19.7 Å². The molecular formula is C21H14N2O5S. The van der Waals surface area contributed by atoms with Crippen molar-refractivity contribution in [3.8, 4) is 11.3 Å². The van der Waals surface area contributed by atoms with E-state index in [1.165, 1.54) is 12.1 Å². The predicted molar refractivity (Wildman–Crippen MR) is 110 cm³/mol. The number of carbonyl (C=O) groups excluding carboxylic acids is 2. The maximum Gasteiger partial charge on any atom is 0.298 e. The summed E-state index contributed by atoms with van der Waals surface area (Å²) in [6.07, 6.45) is 1.50. The van der Waals surface area contributed by atoms with Gasteiger partial charge in [0.2, 0.25) is 0 Å². The van der Waals surface area contributed by atoms with E-state index < -0.39 is 10.8 Å². The molecule has 0 aliphatic carbocycles. The molecule has 2 aromatic carbocycles. The third kappa shape index (κ3) is 3.57. The van der Waals surface area contributed by atoms with Gasteiger partial charge in [-0.25, -0.2) is 4.90 Å². The number of hydrogen-bond acceptors (Lipinski definition) is 6. The third-order valence-corrected chi connectivity index (χ3v) is 5.27. The van der Waals surface area contributed by atoms with Gasteiger partial charge in [0.1, 0.15) is 11.5 Å². The fourth-order valence-electron chi connectivity index (χ4n) is 2.94. The first-order valence-electron chi connectivity index (χ1n) is 8.62. The molecule has 1 fully saturated rings. The molecule has 0 bridgehead atoms. The number of nitro benzene ring substituents is 1. The van der Waals surface area contributed by atoms with Crippen molar-refractivity contribution >= 4 is 40.4 Å². The second-order valence-electron chi connectivity index (χ2n) is 6.31. The summed E-state index contributed by atoms with van der Waals surface area (Å²) in [7, 11) is 0. The molecule has 1 aliphatic heterocycles. The number of para-hydroxylation sites is 1. The second kappa shape index (κ2) is 7.40. The minimum Gasteiger partial charge on any atom is -0.457 e. The molecule has 144 valence electrons. The van der Waals surface area contributed by atoms with Crippen LogP contribution in [0.3, 0.4) is 0 Å². The van der Waals surface area contributed by atoms with Gasteiger partial charge in [-0.05, 0) is 43.0 Å². The molecule has 7 nitrogen and oxygen atoms in total. The summed E-state index contributed by atoms with van der Waals surface area (Å²) in [6.45, 7) is 1.67. The smallest absolute Gasteiger partial charge is 0.298 e. The number of furan rings is 1.